The number of hydrogen-bond donors (Lipinski definition) is 0. The molecule has 35 heavy (non-hydrogen) atoms. The van der Waals surface area contributed by atoms with Crippen molar-refractivity contribution >= 4 is 38.3 Å². The number of pyridine rings is 1. The van der Waals surface area contributed by atoms with E-state index in [9.17, 15) is 18.6 Å². The smallest absolute Gasteiger partial charge is 0.263 e. The second kappa shape index (κ2) is 9.62. The van der Waals surface area contributed by atoms with Crippen LogP contribution >= 0.6 is 15.9 Å². The number of halogens is 3. The van der Waals surface area contributed by atoms with E-state index in [1.807, 2.05) is 42.5 Å². The first-order valence-electron chi connectivity index (χ1n) is 10.5. The van der Waals surface area contributed by atoms with Crippen molar-refractivity contribution in [1.29, 1.82) is 5.26 Å². The average Bonchev–Trinajstić information content (AvgIpc) is 3.23. The minimum absolute atomic E-state index is 0.138. The van der Waals surface area contributed by atoms with Crippen LogP contribution in [0.3, 0.4) is 0 Å². The first-order valence-corrected chi connectivity index (χ1v) is 12.4. The van der Waals surface area contributed by atoms with Gasteiger partial charge in [0.2, 0.25) is 0 Å². The van der Waals surface area contributed by atoms with Crippen LogP contribution in [0.4, 0.5) is 8.78 Å². The third-order valence-corrected chi connectivity index (χ3v) is 7.48. The lowest BCUT2D eigenvalue weighted by Gasteiger charge is -2.16. The number of hydrogen-bond acceptors (Lipinski definition) is 3. The van der Waals surface area contributed by atoms with Crippen molar-refractivity contribution in [2.45, 2.75) is 11.3 Å². The fraction of sp³-hybridized carbons (Fsp3) is 0.0370. The summed E-state index contributed by atoms with van der Waals surface area (Å²) in [6.07, 6.45) is -0.962. The zero-order valence-electron chi connectivity index (χ0n) is 18.0. The van der Waals surface area contributed by atoms with Crippen LogP contribution in [-0.4, -0.2) is 13.5 Å². The molecule has 0 aliphatic carbocycles. The Labute approximate surface area is 211 Å². The Kier molecular flexibility index (Phi) is 6.39. The molecule has 0 aliphatic heterocycles. The number of alkyl halides is 2. The summed E-state index contributed by atoms with van der Waals surface area (Å²) >= 11 is 1.73. The number of rotatable bonds is 5. The Morgan fingerprint density at radius 3 is 2.46 bits per heavy atom. The molecule has 0 fully saturated rings. The van der Waals surface area contributed by atoms with Crippen LogP contribution in [0.25, 0.3) is 33.4 Å². The molecule has 8 heteroatoms. The van der Waals surface area contributed by atoms with Crippen LogP contribution in [0.5, 0.6) is 0 Å². The molecule has 0 spiro atoms. The highest BCUT2D eigenvalue weighted by Gasteiger charge is 2.30. The molecule has 0 saturated heterocycles. The number of benzene rings is 3. The maximum atomic E-state index is 14.0. The fourth-order valence-corrected chi connectivity index (χ4v) is 5.71. The van der Waals surface area contributed by atoms with E-state index in [1.165, 1.54) is 24.3 Å². The summed E-state index contributed by atoms with van der Waals surface area (Å²) in [7, 11) is 0. The highest BCUT2D eigenvalue weighted by atomic mass is 79.9. The van der Waals surface area contributed by atoms with E-state index < -0.39 is 17.8 Å². The zero-order valence-corrected chi connectivity index (χ0v) is 20.4. The molecule has 0 radical (unpaired) electrons. The molecule has 2 aromatic heterocycles. The standard InChI is InChI=1S/C27H16BrF2N3OS/c28-20-7-3-6-18(15-20)26-24(22-8-2-1-5-19(22)16-31)25-23(9-4-14-32-25)33(26)35(34)21-12-10-17(11-13-21)27(29)30/h1-15,27H. The van der Waals surface area contributed by atoms with Gasteiger partial charge in [-0.2, -0.15) is 9.23 Å². The van der Waals surface area contributed by atoms with Gasteiger partial charge in [-0.15, -0.1) is 0 Å². The normalized spacial score (nSPS) is 12.1. The molecular formula is C27H16BrF2N3OS. The summed E-state index contributed by atoms with van der Waals surface area (Å²) in [5.74, 6) is 0. The first kappa shape index (κ1) is 23.2. The molecule has 5 rings (SSSR count). The third-order valence-electron chi connectivity index (χ3n) is 5.60. The quantitative estimate of drug-likeness (QED) is 0.214. The molecule has 1 atom stereocenters. The molecule has 0 aliphatic rings. The Morgan fingerprint density at radius 1 is 0.971 bits per heavy atom. The summed E-state index contributed by atoms with van der Waals surface area (Å²) in [5.41, 5.74) is 4.22. The molecule has 2 heterocycles. The number of nitriles is 1. The number of fused-ring (bicyclic) bond motifs is 1. The van der Waals surface area contributed by atoms with Crippen LogP contribution in [0.2, 0.25) is 0 Å². The van der Waals surface area contributed by atoms with Crippen LogP contribution in [-0.2, 0) is 11.4 Å². The van der Waals surface area contributed by atoms with Gasteiger partial charge in [0.05, 0.1) is 11.6 Å². The summed E-state index contributed by atoms with van der Waals surface area (Å²) < 4.78 is 42.7. The van der Waals surface area contributed by atoms with Crippen molar-refractivity contribution < 1.29 is 13.3 Å². The molecule has 5 aromatic rings. The molecule has 3 aromatic carbocycles. The van der Waals surface area contributed by atoms with Crippen molar-refractivity contribution in [3.05, 3.63) is 107 Å². The largest absolute Gasteiger partial charge is 0.587 e. The van der Waals surface area contributed by atoms with Crippen molar-refractivity contribution in [1.82, 2.24) is 8.96 Å². The van der Waals surface area contributed by atoms with Crippen LogP contribution in [0, 0.1) is 11.3 Å². The van der Waals surface area contributed by atoms with Crippen molar-refractivity contribution in [3.8, 4) is 28.5 Å². The summed E-state index contributed by atoms with van der Waals surface area (Å²) in [4.78, 5) is 4.97. The van der Waals surface area contributed by atoms with E-state index in [-0.39, 0.29) is 5.56 Å². The molecule has 1 unspecified atom stereocenters. The molecular weight excluding hydrogens is 532 g/mol. The van der Waals surface area contributed by atoms with Crippen molar-refractivity contribution in [2.75, 3.05) is 0 Å². The lowest BCUT2D eigenvalue weighted by molar-refractivity contribution is 0.151. The summed E-state index contributed by atoms with van der Waals surface area (Å²) in [6, 6.07) is 26.0. The number of nitrogens with zero attached hydrogens (tertiary/aromatic N) is 3. The predicted molar refractivity (Wildman–Crippen MR) is 136 cm³/mol. The van der Waals surface area contributed by atoms with Gasteiger partial charge in [0, 0.05) is 32.9 Å². The van der Waals surface area contributed by atoms with Gasteiger partial charge in [-0.1, -0.05) is 46.3 Å². The Bertz CT molecular complexity index is 1580. The van der Waals surface area contributed by atoms with Crippen molar-refractivity contribution in [2.24, 2.45) is 0 Å². The van der Waals surface area contributed by atoms with E-state index in [0.717, 1.165) is 10.0 Å². The van der Waals surface area contributed by atoms with Gasteiger partial charge in [0.25, 0.3) is 6.43 Å². The van der Waals surface area contributed by atoms with Gasteiger partial charge >= 0.3 is 0 Å². The lowest BCUT2D eigenvalue weighted by Crippen LogP contribution is -2.14. The Balaban J connectivity index is 1.86. The predicted octanol–water partition coefficient (Wildman–Crippen LogP) is 7.51. The first-order chi connectivity index (χ1) is 17.0. The summed E-state index contributed by atoms with van der Waals surface area (Å²) in [5, 5.41) is 9.82. The van der Waals surface area contributed by atoms with E-state index >= 15 is 0 Å². The minimum atomic E-state index is -2.61. The Morgan fingerprint density at radius 2 is 1.74 bits per heavy atom. The number of aromatic nitrogens is 2. The van der Waals surface area contributed by atoms with Crippen LogP contribution in [0.1, 0.15) is 17.6 Å². The highest BCUT2D eigenvalue weighted by molar-refractivity contribution is 9.10. The van der Waals surface area contributed by atoms with Crippen molar-refractivity contribution in [3.63, 3.8) is 0 Å². The minimum Gasteiger partial charge on any atom is -0.587 e. The average molecular weight is 548 g/mol. The van der Waals surface area contributed by atoms with E-state index in [4.69, 9.17) is 0 Å². The topological polar surface area (TPSA) is 64.7 Å². The second-order valence-electron chi connectivity index (χ2n) is 7.68. The molecule has 172 valence electrons. The summed E-state index contributed by atoms with van der Waals surface area (Å²) in [6.45, 7) is 0. The maximum Gasteiger partial charge on any atom is 0.263 e. The molecule has 0 bridgehead atoms. The van der Waals surface area contributed by atoms with E-state index in [0.29, 0.717) is 38.3 Å². The zero-order chi connectivity index (χ0) is 24.5. The maximum absolute atomic E-state index is 14.0. The van der Waals surface area contributed by atoms with Gasteiger partial charge in [0.1, 0.15) is 28.1 Å². The van der Waals surface area contributed by atoms with Crippen LogP contribution < -0.4 is 0 Å². The Hall–Kier alpha value is -3.51. The molecule has 4 nitrogen and oxygen atoms in total. The van der Waals surface area contributed by atoms with Crippen LogP contribution in [0.15, 0.2) is 100 Å². The lowest BCUT2D eigenvalue weighted by atomic mass is 9.96. The van der Waals surface area contributed by atoms with Gasteiger partial charge in [-0.05, 0) is 54.6 Å². The van der Waals surface area contributed by atoms with Gasteiger partial charge in [-0.3, -0.25) is 4.98 Å². The van der Waals surface area contributed by atoms with Gasteiger partial charge in [0.15, 0.2) is 4.90 Å². The molecule has 0 saturated carbocycles. The molecule has 0 N–H and O–H groups in total. The SMILES string of the molecule is N#Cc1ccccc1-c1c(-c2cccc(Br)c2)n([S+]([O-])c2ccc(C(F)F)cc2)c2cccnc12. The second-order valence-corrected chi connectivity index (χ2v) is 9.93. The monoisotopic (exact) mass is 547 g/mol. The highest BCUT2D eigenvalue weighted by Crippen LogP contribution is 2.43. The van der Waals surface area contributed by atoms with Gasteiger partial charge < -0.3 is 4.55 Å². The van der Waals surface area contributed by atoms with Gasteiger partial charge in [-0.25, -0.2) is 8.78 Å². The molecule has 0 amide bonds. The van der Waals surface area contributed by atoms with E-state index in [2.05, 4.69) is 27.0 Å². The van der Waals surface area contributed by atoms with E-state index in [1.54, 1.807) is 28.4 Å². The fourth-order valence-electron chi connectivity index (χ4n) is 4.05. The third kappa shape index (κ3) is 4.23.